The third-order valence-electron chi connectivity index (χ3n) is 7.41. The van der Waals surface area contributed by atoms with E-state index in [1.165, 1.54) is 19.2 Å². The highest BCUT2D eigenvalue weighted by Crippen LogP contribution is 2.14. The molecule has 0 unspecified atom stereocenters. The number of carbonyl (C=O) groups excluding carboxylic acids is 2. The van der Waals surface area contributed by atoms with E-state index in [9.17, 15) is 23.1 Å². The van der Waals surface area contributed by atoms with E-state index < -0.39 is 16.1 Å². The summed E-state index contributed by atoms with van der Waals surface area (Å²) in [5.74, 6) is 0.0353. The minimum absolute atomic E-state index is 0.0986. The molecular formula is C34H40N6O5S. The van der Waals surface area contributed by atoms with Gasteiger partial charge in [0.05, 0.1) is 17.4 Å². The first-order chi connectivity index (χ1) is 22.0. The lowest BCUT2D eigenvalue weighted by Gasteiger charge is -2.18. The average molecular weight is 645 g/mol. The predicted molar refractivity (Wildman–Crippen MR) is 177 cm³/mol. The lowest BCUT2D eigenvalue weighted by Crippen LogP contribution is -2.32. The van der Waals surface area contributed by atoms with Gasteiger partial charge in [-0.3, -0.25) is 9.59 Å². The van der Waals surface area contributed by atoms with E-state index in [1.54, 1.807) is 54.7 Å². The highest BCUT2D eigenvalue weighted by molar-refractivity contribution is 7.89. The van der Waals surface area contributed by atoms with Gasteiger partial charge in [0.2, 0.25) is 15.9 Å². The highest BCUT2D eigenvalue weighted by atomic mass is 32.2. The Balaban J connectivity index is 1.19. The number of benzene rings is 3. The normalized spacial score (nSPS) is 12.7. The Hall–Kier alpha value is -4.62. The van der Waals surface area contributed by atoms with Crippen LogP contribution in [0.3, 0.4) is 0 Å². The van der Waals surface area contributed by atoms with Gasteiger partial charge in [-0.1, -0.05) is 54.6 Å². The van der Waals surface area contributed by atoms with Gasteiger partial charge < -0.3 is 26.8 Å². The number of hydrogen-bond donors (Lipinski definition) is 6. The molecule has 242 valence electrons. The Bertz CT molecular complexity index is 1710. The van der Waals surface area contributed by atoms with E-state index in [4.69, 9.17) is 5.73 Å². The molecule has 4 aromatic rings. The SMILES string of the molecule is CNS(=O)(=O)c1ccc(CNC(=O)c2ccc(CNC(=O)Cc3cccc(C[C@@H](C)NC[C@H](O)c4ccc(N)nc4)c3)cc2)cc1. The van der Waals surface area contributed by atoms with Crippen LogP contribution >= 0.6 is 0 Å². The topological polar surface area (TPSA) is 176 Å². The summed E-state index contributed by atoms with van der Waals surface area (Å²) < 4.78 is 26.0. The Morgan fingerprint density at radius 3 is 2.17 bits per heavy atom. The molecule has 0 spiro atoms. The first-order valence-electron chi connectivity index (χ1n) is 14.9. The lowest BCUT2D eigenvalue weighted by atomic mass is 10.0. The summed E-state index contributed by atoms with van der Waals surface area (Å²) in [4.78, 5) is 29.4. The Kier molecular flexibility index (Phi) is 12.0. The average Bonchev–Trinajstić information content (AvgIpc) is 3.06. The minimum Gasteiger partial charge on any atom is -0.387 e. The van der Waals surface area contributed by atoms with Crippen LogP contribution in [0.25, 0.3) is 0 Å². The molecule has 0 radical (unpaired) electrons. The lowest BCUT2D eigenvalue weighted by molar-refractivity contribution is -0.120. The van der Waals surface area contributed by atoms with E-state index in [0.29, 0.717) is 30.0 Å². The van der Waals surface area contributed by atoms with Crippen LogP contribution in [0, 0.1) is 0 Å². The van der Waals surface area contributed by atoms with Gasteiger partial charge in [-0.25, -0.2) is 18.1 Å². The molecule has 11 nitrogen and oxygen atoms in total. The van der Waals surface area contributed by atoms with Crippen LogP contribution in [0.1, 0.15) is 51.2 Å². The molecule has 0 aliphatic carbocycles. The number of nitrogen functional groups attached to an aromatic ring is 1. The van der Waals surface area contributed by atoms with Gasteiger partial charge in [0.15, 0.2) is 0 Å². The van der Waals surface area contributed by atoms with Crippen molar-refractivity contribution in [1.29, 1.82) is 0 Å². The number of carbonyl (C=O) groups is 2. The first kappa shape index (κ1) is 34.3. The quantitative estimate of drug-likeness (QED) is 0.114. The first-order valence-corrected chi connectivity index (χ1v) is 16.4. The van der Waals surface area contributed by atoms with Crippen molar-refractivity contribution >= 4 is 27.7 Å². The molecule has 0 aliphatic heterocycles. The molecule has 12 heteroatoms. The smallest absolute Gasteiger partial charge is 0.251 e. The second-order valence-electron chi connectivity index (χ2n) is 11.1. The third kappa shape index (κ3) is 10.2. The molecule has 0 saturated carbocycles. The predicted octanol–water partition coefficient (Wildman–Crippen LogP) is 2.62. The summed E-state index contributed by atoms with van der Waals surface area (Å²) in [5.41, 5.74) is 10.4. The van der Waals surface area contributed by atoms with Gasteiger partial charge >= 0.3 is 0 Å². The molecule has 1 heterocycles. The van der Waals surface area contributed by atoms with Crippen molar-refractivity contribution in [2.75, 3.05) is 19.3 Å². The minimum atomic E-state index is -3.51. The molecule has 1 aromatic heterocycles. The fourth-order valence-corrected chi connectivity index (χ4v) is 5.48. The van der Waals surface area contributed by atoms with Gasteiger partial charge in [0.1, 0.15) is 5.82 Å². The number of aliphatic hydroxyl groups is 1. The van der Waals surface area contributed by atoms with Crippen LogP contribution in [-0.2, 0) is 40.7 Å². The van der Waals surface area contributed by atoms with Crippen molar-refractivity contribution in [3.63, 3.8) is 0 Å². The molecule has 0 bridgehead atoms. The highest BCUT2D eigenvalue weighted by Gasteiger charge is 2.13. The number of nitrogens with one attached hydrogen (secondary N) is 4. The van der Waals surface area contributed by atoms with Gasteiger partial charge in [-0.2, -0.15) is 0 Å². The maximum absolute atomic E-state index is 12.7. The van der Waals surface area contributed by atoms with Gasteiger partial charge in [0.25, 0.3) is 5.91 Å². The summed E-state index contributed by atoms with van der Waals surface area (Å²) in [6, 6.07) is 24.7. The molecule has 46 heavy (non-hydrogen) atoms. The zero-order valence-electron chi connectivity index (χ0n) is 25.9. The van der Waals surface area contributed by atoms with E-state index in [1.807, 2.05) is 31.2 Å². The molecule has 7 N–H and O–H groups in total. The number of pyridine rings is 1. The van der Waals surface area contributed by atoms with Crippen molar-refractivity contribution in [2.24, 2.45) is 0 Å². The monoisotopic (exact) mass is 644 g/mol. The van der Waals surface area contributed by atoms with Crippen molar-refractivity contribution < 1.29 is 23.1 Å². The molecule has 0 fully saturated rings. The van der Waals surface area contributed by atoms with Gasteiger partial charge in [-0.05, 0) is 73.0 Å². The van der Waals surface area contributed by atoms with Crippen molar-refractivity contribution in [1.82, 2.24) is 25.7 Å². The molecule has 2 atom stereocenters. The summed E-state index contributed by atoms with van der Waals surface area (Å²) in [7, 11) is -2.16. The fraction of sp³-hybridized carbons (Fsp3) is 0.265. The Morgan fingerprint density at radius 2 is 1.52 bits per heavy atom. The summed E-state index contributed by atoms with van der Waals surface area (Å²) in [6.45, 7) is 3.00. The zero-order valence-corrected chi connectivity index (χ0v) is 26.7. The van der Waals surface area contributed by atoms with Crippen molar-refractivity contribution in [2.45, 2.75) is 49.9 Å². The number of rotatable bonds is 15. The molecule has 0 saturated heterocycles. The van der Waals surface area contributed by atoms with E-state index in [2.05, 4.69) is 25.7 Å². The second-order valence-corrected chi connectivity index (χ2v) is 12.9. The number of nitrogens with two attached hydrogens (primary N) is 1. The van der Waals surface area contributed by atoms with E-state index in [-0.39, 0.29) is 35.7 Å². The number of aromatic nitrogens is 1. The van der Waals surface area contributed by atoms with Crippen LogP contribution in [-0.4, -0.2) is 50.0 Å². The van der Waals surface area contributed by atoms with Crippen molar-refractivity contribution in [3.05, 3.63) is 125 Å². The van der Waals surface area contributed by atoms with Crippen LogP contribution in [0.5, 0.6) is 0 Å². The van der Waals surface area contributed by atoms with Crippen LogP contribution in [0.2, 0.25) is 0 Å². The summed E-state index contributed by atoms with van der Waals surface area (Å²) in [5, 5.41) is 19.5. The van der Waals surface area contributed by atoms with E-state index >= 15 is 0 Å². The van der Waals surface area contributed by atoms with Crippen molar-refractivity contribution in [3.8, 4) is 0 Å². The number of amides is 2. The molecule has 0 aliphatic rings. The molecule has 2 amide bonds. The van der Waals surface area contributed by atoms with Gasteiger partial charge in [0, 0.05) is 43.0 Å². The van der Waals surface area contributed by atoms with Gasteiger partial charge in [-0.15, -0.1) is 0 Å². The number of aliphatic hydroxyl groups excluding tert-OH is 1. The Morgan fingerprint density at radius 1 is 0.870 bits per heavy atom. The number of anilines is 1. The van der Waals surface area contributed by atoms with Crippen LogP contribution in [0.4, 0.5) is 5.82 Å². The summed E-state index contributed by atoms with van der Waals surface area (Å²) in [6.07, 6.45) is 1.85. The maximum Gasteiger partial charge on any atom is 0.251 e. The number of hydrogen-bond acceptors (Lipinski definition) is 8. The van der Waals surface area contributed by atoms with Crippen LogP contribution < -0.4 is 26.4 Å². The van der Waals surface area contributed by atoms with Crippen LogP contribution in [0.15, 0.2) is 96.0 Å². The molecular weight excluding hydrogens is 604 g/mol. The number of sulfonamides is 1. The standard InChI is InChI=1S/C34H40N6O5S/c1-23(37-22-31(41)29-12-15-32(35)38-21-29)16-26-4-3-5-27(17-26)18-33(42)39-19-24-6-10-28(11-7-24)34(43)40-20-25-8-13-30(14-9-25)46(44,45)36-2/h3-15,17,21,23,31,36-37,41H,16,18-20,22H2,1-2H3,(H2,35,38)(H,39,42)(H,40,43)/t23-,31+/m1/s1. The maximum atomic E-state index is 12.7. The molecule has 4 rings (SSSR count). The molecule has 3 aromatic carbocycles. The van der Waals surface area contributed by atoms with E-state index in [0.717, 1.165) is 28.7 Å². The second kappa shape index (κ2) is 16.1. The largest absolute Gasteiger partial charge is 0.387 e. The third-order valence-corrected chi connectivity index (χ3v) is 8.84. The number of nitrogens with zero attached hydrogens (tertiary/aromatic N) is 1. The fourth-order valence-electron chi connectivity index (χ4n) is 4.75. The Labute approximate surface area is 269 Å². The summed E-state index contributed by atoms with van der Waals surface area (Å²) >= 11 is 0. The zero-order chi connectivity index (χ0) is 33.1.